The Balaban J connectivity index is 2.32. The van der Waals surface area contributed by atoms with E-state index in [2.05, 4.69) is 24.1 Å². The summed E-state index contributed by atoms with van der Waals surface area (Å²) < 4.78 is 0. The van der Waals surface area contributed by atoms with Crippen molar-refractivity contribution in [1.29, 1.82) is 0 Å². The molecule has 80 valence electrons. The van der Waals surface area contributed by atoms with Crippen molar-refractivity contribution >= 4 is 16.5 Å². The van der Waals surface area contributed by atoms with Crippen LogP contribution >= 0.6 is 11.3 Å². The van der Waals surface area contributed by atoms with Crippen LogP contribution in [0.2, 0.25) is 0 Å². The summed E-state index contributed by atoms with van der Waals surface area (Å²) in [5.41, 5.74) is 5.47. The molecular formula is C9H17N3OS. The van der Waals surface area contributed by atoms with Crippen LogP contribution in [-0.4, -0.2) is 23.2 Å². The second-order valence-electron chi connectivity index (χ2n) is 3.67. The average molecular weight is 215 g/mol. The highest BCUT2D eigenvalue weighted by atomic mass is 32.1. The van der Waals surface area contributed by atoms with Gasteiger partial charge in [0.1, 0.15) is 6.10 Å². The van der Waals surface area contributed by atoms with E-state index in [1.165, 1.54) is 11.3 Å². The van der Waals surface area contributed by atoms with Crippen molar-refractivity contribution < 1.29 is 5.11 Å². The van der Waals surface area contributed by atoms with Gasteiger partial charge in [0.25, 0.3) is 0 Å². The van der Waals surface area contributed by atoms with E-state index in [1.807, 2.05) is 0 Å². The molecule has 0 bridgehead atoms. The van der Waals surface area contributed by atoms with Crippen molar-refractivity contribution in [2.24, 2.45) is 5.92 Å². The zero-order valence-corrected chi connectivity index (χ0v) is 9.34. The fraction of sp³-hybridized carbons (Fsp3) is 0.667. The van der Waals surface area contributed by atoms with Gasteiger partial charge in [0.05, 0.1) is 4.88 Å². The van der Waals surface area contributed by atoms with E-state index in [1.54, 1.807) is 6.20 Å². The quantitative estimate of drug-likeness (QED) is 0.685. The topological polar surface area (TPSA) is 71.2 Å². The van der Waals surface area contributed by atoms with Crippen LogP contribution in [0.5, 0.6) is 0 Å². The third kappa shape index (κ3) is 3.61. The Morgan fingerprint density at radius 2 is 2.29 bits per heavy atom. The minimum absolute atomic E-state index is 0.497. The van der Waals surface area contributed by atoms with E-state index in [0.717, 1.165) is 11.4 Å². The number of thiazole rings is 1. The maximum absolute atomic E-state index is 9.70. The largest absolute Gasteiger partial charge is 0.386 e. The molecule has 4 nitrogen and oxygen atoms in total. The smallest absolute Gasteiger partial charge is 0.180 e. The van der Waals surface area contributed by atoms with Gasteiger partial charge in [-0.25, -0.2) is 4.98 Å². The third-order valence-electron chi connectivity index (χ3n) is 1.76. The summed E-state index contributed by atoms with van der Waals surface area (Å²) in [4.78, 5) is 4.71. The number of nitrogens with one attached hydrogen (secondary N) is 1. The van der Waals surface area contributed by atoms with Crippen LogP contribution in [0.25, 0.3) is 0 Å². The summed E-state index contributed by atoms with van der Waals surface area (Å²) in [5, 5.41) is 13.4. The zero-order valence-electron chi connectivity index (χ0n) is 8.53. The van der Waals surface area contributed by atoms with Crippen molar-refractivity contribution in [1.82, 2.24) is 10.3 Å². The van der Waals surface area contributed by atoms with Crippen molar-refractivity contribution in [3.63, 3.8) is 0 Å². The minimum Gasteiger partial charge on any atom is -0.386 e. The van der Waals surface area contributed by atoms with Crippen molar-refractivity contribution in [2.75, 3.05) is 18.8 Å². The van der Waals surface area contributed by atoms with Gasteiger partial charge in [-0.3, -0.25) is 0 Å². The predicted octanol–water partition coefficient (Wildman–Crippen LogP) is 1.00. The van der Waals surface area contributed by atoms with Gasteiger partial charge in [0.2, 0.25) is 0 Å². The van der Waals surface area contributed by atoms with E-state index in [4.69, 9.17) is 5.73 Å². The lowest BCUT2D eigenvalue weighted by molar-refractivity contribution is 0.177. The Morgan fingerprint density at radius 3 is 2.79 bits per heavy atom. The molecule has 4 N–H and O–H groups in total. The first-order valence-corrected chi connectivity index (χ1v) is 5.51. The van der Waals surface area contributed by atoms with E-state index in [0.29, 0.717) is 17.6 Å². The van der Waals surface area contributed by atoms with Crippen molar-refractivity contribution in [3.8, 4) is 0 Å². The lowest BCUT2D eigenvalue weighted by Gasteiger charge is -2.10. The van der Waals surface area contributed by atoms with Crippen LogP contribution in [0.1, 0.15) is 24.8 Å². The molecule has 0 aliphatic heterocycles. The van der Waals surface area contributed by atoms with Crippen LogP contribution in [0.3, 0.4) is 0 Å². The van der Waals surface area contributed by atoms with E-state index >= 15 is 0 Å². The number of hydrogen-bond acceptors (Lipinski definition) is 5. The maximum atomic E-state index is 9.70. The van der Waals surface area contributed by atoms with E-state index in [9.17, 15) is 5.11 Å². The van der Waals surface area contributed by atoms with Crippen LogP contribution in [-0.2, 0) is 0 Å². The number of nitrogens with zero attached hydrogens (tertiary/aromatic N) is 1. The Hall–Kier alpha value is -0.650. The van der Waals surface area contributed by atoms with Crippen molar-refractivity contribution in [2.45, 2.75) is 20.0 Å². The van der Waals surface area contributed by atoms with Gasteiger partial charge in [-0.05, 0) is 12.5 Å². The molecule has 1 atom stereocenters. The highest BCUT2D eigenvalue weighted by Gasteiger charge is 2.10. The molecule has 0 fully saturated rings. The number of aliphatic hydroxyl groups excluding tert-OH is 1. The number of hydrogen-bond donors (Lipinski definition) is 3. The highest BCUT2D eigenvalue weighted by Crippen LogP contribution is 2.21. The summed E-state index contributed by atoms with van der Waals surface area (Å²) in [6.07, 6.45) is 1.13. The summed E-state index contributed by atoms with van der Waals surface area (Å²) in [7, 11) is 0. The molecule has 1 heterocycles. The number of nitrogens with two attached hydrogens (primary N) is 1. The molecular weight excluding hydrogens is 198 g/mol. The van der Waals surface area contributed by atoms with Crippen LogP contribution in [0.4, 0.5) is 5.13 Å². The summed E-state index contributed by atoms with van der Waals surface area (Å²) in [5.74, 6) is 0.591. The molecule has 1 aromatic heterocycles. The van der Waals surface area contributed by atoms with Crippen LogP contribution in [0.15, 0.2) is 6.20 Å². The molecule has 0 aliphatic rings. The minimum atomic E-state index is -0.497. The SMILES string of the molecule is CC(C)CNCC(O)c1cnc(N)s1. The second kappa shape index (κ2) is 5.29. The van der Waals surface area contributed by atoms with E-state index in [-0.39, 0.29) is 0 Å². The summed E-state index contributed by atoms with van der Waals surface area (Å²) in [6.45, 7) is 5.72. The third-order valence-corrected chi connectivity index (χ3v) is 2.69. The number of rotatable bonds is 5. The van der Waals surface area contributed by atoms with Gasteiger partial charge in [-0.15, -0.1) is 0 Å². The van der Waals surface area contributed by atoms with Gasteiger partial charge >= 0.3 is 0 Å². The molecule has 1 aromatic rings. The predicted molar refractivity (Wildman–Crippen MR) is 59.2 cm³/mol. The Kier molecular flexibility index (Phi) is 4.31. The molecule has 14 heavy (non-hydrogen) atoms. The monoisotopic (exact) mass is 215 g/mol. The molecule has 1 unspecified atom stereocenters. The molecule has 0 saturated heterocycles. The van der Waals surface area contributed by atoms with Gasteiger partial charge < -0.3 is 16.2 Å². The second-order valence-corrected chi connectivity index (χ2v) is 4.76. The van der Waals surface area contributed by atoms with Crippen LogP contribution in [0, 0.1) is 5.92 Å². The molecule has 0 aliphatic carbocycles. The average Bonchev–Trinajstić information content (AvgIpc) is 2.51. The molecule has 0 aromatic carbocycles. The fourth-order valence-electron chi connectivity index (χ4n) is 1.06. The van der Waals surface area contributed by atoms with Gasteiger partial charge in [-0.2, -0.15) is 0 Å². The molecule has 0 spiro atoms. The van der Waals surface area contributed by atoms with E-state index < -0.39 is 6.10 Å². The van der Waals surface area contributed by atoms with Gasteiger partial charge in [0, 0.05) is 12.7 Å². The first-order chi connectivity index (χ1) is 6.59. The summed E-state index contributed by atoms with van der Waals surface area (Å²) >= 11 is 1.33. The first-order valence-electron chi connectivity index (χ1n) is 4.69. The summed E-state index contributed by atoms with van der Waals surface area (Å²) in [6, 6.07) is 0. The molecule has 0 amide bonds. The fourth-order valence-corrected chi connectivity index (χ4v) is 1.74. The normalized spacial score (nSPS) is 13.4. The Morgan fingerprint density at radius 1 is 1.57 bits per heavy atom. The molecule has 5 heteroatoms. The Bertz CT molecular complexity index is 275. The molecule has 0 radical (unpaired) electrons. The lowest BCUT2D eigenvalue weighted by Crippen LogP contribution is -2.24. The molecule has 0 saturated carbocycles. The van der Waals surface area contributed by atoms with Gasteiger partial charge in [0.15, 0.2) is 5.13 Å². The number of nitrogen functional groups attached to an aromatic ring is 1. The maximum Gasteiger partial charge on any atom is 0.180 e. The van der Waals surface area contributed by atoms with Crippen LogP contribution < -0.4 is 11.1 Å². The number of anilines is 1. The molecule has 1 rings (SSSR count). The first kappa shape index (κ1) is 11.4. The van der Waals surface area contributed by atoms with Crippen molar-refractivity contribution in [3.05, 3.63) is 11.1 Å². The number of aromatic nitrogens is 1. The standard InChI is InChI=1S/C9H17N3OS/c1-6(2)3-11-4-7(13)8-5-12-9(10)14-8/h5-7,11,13H,3-4H2,1-2H3,(H2,10,12). The zero-order chi connectivity index (χ0) is 10.6. The number of aliphatic hydroxyl groups is 1. The lowest BCUT2D eigenvalue weighted by atomic mass is 10.2. The highest BCUT2D eigenvalue weighted by molar-refractivity contribution is 7.15. The Labute approximate surface area is 88.2 Å². The van der Waals surface area contributed by atoms with Gasteiger partial charge in [-0.1, -0.05) is 25.2 Å².